The topological polar surface area (TPSA) is 38.5 Å². The Bertz CT molecular complexity index is 272. The van der Waals surface area contributed by atoms with Gasteiger partial charge in [0.1, 0.15) is 0 Å². The second-order valence-corrected chi connectivity index (χ2v) is 6.78. The molecule has 0 bridgehead atoms. The molecule has 2 aliphatic heterocycles. The Morgan fingerprint density at radius 2 is 1.72 bits per heavy atom. The van der Waals surface area contributed by atoms with Gasteiger partial charge in [0.25, 0.3) is 0 Å². The fourth-order valence-corrected chi connectivity index (χ4v) is 3.89. The van der Waals surface area contributed by atoms with Crippen molar-refractivity contribution in [3.05, 3.63) is 0 Å². The van der Waals surface area contributed by atoms with Crippen molar-refractivity contribution in [2.45, 2.75) is 64.7 Å². The molecule has 0 aromatic carbocycles. The van der Waals surface area contributed by atoms with Gasteiger partial charge < -0.3 is 10.5 Å². The van der Waals surface area contributed by atoms with Gasteiger partial charge in [-0.25, -0.2) is 0 Å². The molecular weight excluding hydrogens is 224 g/mol. The first-order chi connectivity index (χ1) is 8.47. The monoisotopic (exact) mass is 254 g/mol. The number of rotatable bonds is 2. The highest BCUT2D eigenvalue weighted by Gasteiger charge is 2.43. The van der Waals surface area contributed by atoms with Crippen molar-refractivity contribution >= 4 is 0 Å². The lowest BCUT2D eigenvalue weighted by Gasteiger charge is -2.52. The van der Waals surface area contributed by atoms with Gasteiger partial charge in [0.05, 0.1) is 12.2 Å². The molecule has 2 N–H and O–H groups in total. The molecule has 3 heteroatoms. The maximum Gasteiger partial charge on any atom is 0.0568 e. The predicted octanol–water partition coefficient (Wildman–Crippen LogP) is 2.25. The van der Waals surface area contributed by atoms with Crippen LogP contribution >= 0.6 is 0 Å². The minimum absolute atomic E-state index is 0.186. The Morgan fingerprint density at radius 1 is 1.11 bits per heavy atom. The summed E-state index contributed by atoms with van der Waals surface area (Å²) in [5, 5.41) is 0. The van der Waals surface area contributed by atoms with Crippen LogP contribution in [-0.2, 0) is 4.74 Å². The maximum absolute atomic E-state index is 6.18. The van der Waals surface area contributed by atoms with Crippen LogP contribution in [0, 0.1) is 11.8 Å². The summed E-state index contributed by atoms with van der Waals surface area (Å²) in [7, 11) is 0. The van der Waals surface area contributed by atoms with Crippen molar-refractivity contribution in [2.24, 2.45) is 17.6 Å². The molecule has 2 heterocycles. The second kappa shape index (κ2) is 5.48. The SMILES string of the molecule is CC1CC(CN)(N2CCC(C)C(C)C2)CC(C)O1. The third kappa shape index (κ3) is 2.73. The minimum atomic E-state index is 0.186. The fraction of sp³-hybridized carbons (Fsp3) is 1.00. The van der Waals surface area contributed by atoms with E-state index in [0.29, 0.717) is 12.2 Å². The lowest BCUT2D eigenvalue weighted by molar-refractivity contribution is -0.113. The van der Waals surface area contributed by atoms with E-state index in [1.54, 1.807) is 0 Å². The van der Waals surface area contributed by atoms with Crippen LogP contribution in [-0.4, -0.2) is 42.3 Å². The smallest absolute Gasteiger partial charge is 0.0568 e. The highest BCUT2D eigenvalue weighted by Crippen LogP contribution is 2.37. The summed E-state index contributed by atoms with van der Waals surface area (Å²) in [6, 6.07) is 0. The molecule has 106 valence electrons. The molecule has 0 aliphatic carbocycles. The Hall–Kier alpha value is -0.120. The van der Waals surface area contributed by atoms with Crippen LogP contribution in [0.15, 0.2) is 0 Å². The molecule has 0 saturated carbocycles. The van der Waals surface area contributed by atoms with Gasteiger partial charge in [0.15, 0.2) is 0 Å². The molecule has 18 heavy (non-hydrogen) atoms. The Kier molecular flexibility index (Phi) is 4.35. The van der Waals surface area contributed by atoms with Gasteiger partial charge in [0, 0.05) is 18.6 Å². The first-order valence-electron chi connectivity index (χ1n) is 7.57. The zero-order chi connectivity index (χ0) is 13.3. The first kappa shape index (κ1) is 14.3. The van der Waals surface area contributed by atoms with Crippen molar-refractivity contribution in [2.75, 3.05) is 19.6 Å². The molecule has 3 nitrogen and oxygen atoms in total. The van der Waals surface area contributed by atoms with E-state index in [-0.39, 0.29) is 5.54 Å². The first-order valence-corrected chi connectivity index (χ1v) is 7.57. The number of nitrogens with zero attached hydrogens (tertiary/aromatic N) is 1. The van der Waals surface area contributed by atoms with E-state index >= 15 is 0 Å². The van der Waals surface area contributed by atoms with Gasteiger partial charge in [-0.3, -0.25) is 4.90 Å². The summed E-state index contributed by atoms with van der Waals surface area (Å²) in [5.41, 5.74) is 6.36. The van der Waals surface area contributed by atoms with Crippen molar-refractivity contribution in [1.82, 2.24) is 4.90 Å². The molecular formula is C15H30N2O. The summed E-state index contributed by atoms with van der Waals surface area (Å²) in [5.74, 6) is 1.64. The molecule has 2 saturated heterocycles. The van der Waals surface area contributed by atoms with Crippen LogP contribution in [0.4, 0.5) is 0 Å². The molecule has 0 aromatic rings. The number of likely N-dealkylation sites (tertiary alicyclic amines) is 1. The summed E-state index contributed by atoms with van der Waals surface area (Å²) >= 11 is 0. The van der Waals surface area contributed by atoms with E-state index in [4.69, 9.17) is 10.5 Å². The van der Waals surface area contributed by atoms with E-state index in [2.05, 4.69) is 32.6 Å². The zero-order valence-electron chi connectivity index (χ0n) is 12.5. The van der Waals surface area contributed by atoms with Crippen molar-refractivity contribution < 1.29 is 4.74 Å². The van der Waals surface area contributed by atoms with Crippen LogP contribution in [0.5, 0.6) is 0 Å². The van der Waals surface area contributed by atoms with Gasteiger partial charge in [0.2, 0.25) is 0 Å². The van der Waals surface area contributed by atoms with Crippen LogP contribution < -0.4 is 5.73 Å². The van der Waals surface area contributed by atoms with E-state index in [1.807, 2.05) is 0 Å². The number of ether oxygens (including phenoxy) is 1. The van der Waals surface area contributed by atoms with Crippen molar-refractivity contribution in [3.63, 3.8) is 0 Å². The Balaban J connectivity index is 2.11. The van der Waals surface area contributed by atoms with E-state index in [0.717, 1.165) is 31.2 Å². The highest BCUT2D eigenvalue weighted by atomic mass is 16.5. The number of piperidine rings is 1. The maximum atomic E-state index is 6.18. The average Bonchev–Trinajstić information content (AvgIpc) is 2.31. The molecule has 0 amide bonds. The van der Waals surface area contributed by atoms with Gasteiger partial charge in [-0.1, -0.05) is 13.8 Å². The van der Waals surface area contributed by atoms with Gasteiger partial charge in [-0.15, -0.1) is 0 Å². The fourth-order valence-electron chi connectivity index (χ4n) is 3.89. The molecule has 0 spiro atoms. The van der Waals surface area contributed by atoms with Crippen LogP contribution in [0.2, 0.25) is 0 Å². The molecule has 4 unspecified atom stereocenters. The summed E-state index contributed by atoms with van der Waals surface area (Å²) in [6.45, 7) is 12.3. The Morgan fingerprint density at radius 3 is 2.22 bits per heavy atom. The van der Waals surface area contributed by atoms with E-state index in [9.17, 15) is 0 Å². The molecule has 0 radical (unpaired) electrons. The quantitative estimate of drug-likeness (QED) is 0.821. The molecule has 2 rings (SSSR count). The van der Waals surface area contributed by atoms with E-state index < -0.39 is 0 Å². The third-order valence-electron chi connectivity index (χ3n) is 5.18. The average molecular weight is 254 g/mol. The molecule has 2 aliphatic rings. The standard InChI is InChI=1S/C15H30N2O/c1-11-5-6-17(9-12(11)2)15(10-16)7-13(3)18-14(4)8-15/h11-14H,5-10,16H2,1-4H3. The van der Waals surface area contributed by atoms with Gasteiger partial charge in [-0.05, 0) is 51.5 Å². The van der Waals surface area contributed by atoms with Crippen LogP contribution in [0.1, 0.15) is 47.0 Å². The van der Waals surface area contributed by atoms with Crippen LogP contribution in [0.25, 0.3) is 0 Å². The van der Waals surface area contributed by atoms with E-state index in [1.165, 1.54) is 19.5 Å². The number of nitrogens with two attached hydrogens (primary N) is 1. The predicted molar refractivity (Wildman–Crippen MR) is 75.5 cm³/mol. The minimum Gasteiger partial charge on any atom is -0.375 e. The summed E-state index contributed by atoms with van der Waals surface area (Å²) < 4.78 is 5.90. The lowest BCUT2D eigenvalue weighted by atomic mass is 9.78. The van der Waals surface area contributed by atoms with Gasteiger partial charge in [-0.2, -0.15) is 0 Å². The zero-order valence-corrected chi connectivity index (χ0v) is 12.5. The molecule has 0 aromatic heterocycles. The highest BCUT2D eigenvalue weighted by molar-refractivity contribution is 4.99. The Labute approximate surface area is 112 Å². The number of hydrogen-bond acceptors (Lipinski definition) is 3. The number of hydrogen-bond donors (Lipinski definition) is 1. The molecule has 4 atom stereocenters. The third-order valence-corrected chi connectivity index (χ3v) is 5.18. The van der Waals surface area contributed by atoms with Gasteiger partial charge >= 0.3 is 0 Å². The summed E-state index contributed by atoms with van der Waals surface area (Å²) in [6.07, 6.45) is 4.18. The largest absolute Gasteiger partial charge is 0.375 e. The van der Waals surface area contributed by atoms with Crippen LogP contribution in [0.3, 0.4) is 0 Å². The molecule has 2 fully saturated rings. The summed E-state index contributed by atoms with van der Waals surface area (Å²) in [4.78, 5) is 2.67. The van der Waals surface area contributed by atoms with Crippen molar-refractivity contribution in [1.29, 1.82) is 0 Å². The van der Waals surface area contributed by atoms with Crippen molar-refractivity contribution in [3.8, 4) is 0 Å². The second-order valence-electron chi connectivity index (χ2n) is 6.78. The lowest BCUT2D eigenvalue weighted by Crippen LogP contribution is -2.62. The normalized spacial score (nSPS) is 47.2.